The van der Waals surface area contributed by atoms with Gasteiger partial charge in [0.1, 0.15) is 0 Å². The van der Waals surface area contributed by atoms with Gasteiger partial charge in [-0.05, 0) is 41.3 Å². The van der Waals surface area contributed by atoms with Gasteiger partial charge < -0.3 is 4.42 Å². The topological polar surface area (TPSA) is 105 Å². The van der Waals surface area contributed by atoms with Crippen molar-refractivity contribution in [2.45, 2.75) is 24.8 Å². The number of nitrogens with one attached hydrogen (secondary N) is 1. The third-order valence-electron chi connectivity index (χ3n) is 4.90. The van der Waals surface area contributed by atoms with Gasteiger partial charge >= 0.3 is 6.01 Å². The van der Waals surface area contributed by atoms with Crippen LogP contribution in [0.4, 0.5) is 6.01 Å². The Hall–Kier alpha value is -3.34. The predicted octanol–water partition coefficient (Wildman–Crippen LogP) is 4.19. The van der Waals surface area contributed by atoms with Crippen LogP contribution in [-0.2, 0) is 23.0 Å². The lowest BCUT2D eigenvalue weighted by atomic mass is 10.2. The van der Waals surface area contributed by atoms with Crippen LogP contribution in [0, 0.1) is 0 Å². The van der Waals surface area contributed by atoms with Crippen molar-refractivity contribution in [2.24, 2.45) is 0 Å². The van der Waals surface area contributed by atoms with Crippen LogP contribution < -0.4 is 5.32 Å². The van der Waals surface area contributed by atoms with Crippen molar-refractivity contribution in [3.05, 3.63) is 94.0 Å². The van der Waals surface area contributed by atoms with E-state index in [1.807, 2.05) is 47.8 Å². The van der Waals surface area contributed by atoms with Crippen LogP contribution in [0.3, 0.4) is 0 Å². The van der Waals surface area contributed by atoms with Gasteiger partial charge in [0.2, 0.25) is 15.9 Å². The van der Waals surface area contributed by atoms with Crippen LogP contribution in [0.2, 0.25) is 0 Å². The molecule has 0 aliphatic carbocycles. The number of amides is 1. The minimum absolute atomic E-state index is 0.0109. The molecule has 1 N–H and O–H groups in total. The summed E-state index contributed by atoms with van der Waals surface area (Å²) in [6.07, 6.45) is 0.490. The molecule has 0 radical (unpaired) electrons. The van der Waals surface area contributed by atoms with E-state index in [1.165, 1.54) is 28.6 Å². The lowest BCUT2D eigenvalue weighted by molar-refractivity contribution is 0.102. The fourth-order valence-electron chi connectivity index (χ4n) is 3.19. The van der Waals surface area contributed by atoms with E-state index in [0.717, 1.165) is 10.4 Å². The number of hydrogen-bond acceptors (Lipinski definition) is 7. The molecule has 0 spiro atoms. The van der Waals surface area contributed by atoms with Crippen molar-refractivity contribution >= 4 is 33.3 Å². The number of carbonyl (C=O) groups is 1. The van der Waals surface area contributed by atoms with E-state index in [2.05, 4.69) is 15.5 Å². The predicted molar refractivity (Wildman–Crippen MR) is 126 cm³/mol. The van der Waals surface area contributed by atoms with E-state index in [0.29, 0.717) is 18.9 Å². The van der Waals surface area contributed by atoms with Crippen molar-refractivity contribution in [1.29, 1.82) is 0 Å². The molecule has 2 heterocycles. The largest absolute Gasteiger partial charge is 0.407 e. The monoisotopic (exact) mass is 482 g/mol. The van der Waals surface area contributed by atoms with Crippen LogP contribution in [0.15, 0.2) is 81.4 Å². The molecule has 0 atom stereocenters. The summed E-state index contributed by atoms with van der Waals surface area (Å²) in [5.41, 5.74) is 1.18. The number of anilines is 1. The summed E-state index contributed by atoms with van der Waals surface area (Å²) in [5, 5.41) is 12.3. The summed E-state index contributed by atoms with van der Waals surface area (Å²) in [6, 6.07) is 19.1. The maximum Gasteiger partial charge on any atom is 0.322 e. The number of hydrogen-bond donors (Lipinski definition) is 1. The van der Waals surface area contributed by atoms with E-state index < -0.39 is 15.9 Å². The molecule has 0 bridgehead atoms. The Bertz CT molecular complexity index is 1300. The van der Waals surface area contributed by atoms with Gasteiger partial charge in [0.05, 0.1) is 11.3 Å². The van der Waals surface area contributed by atoms with Crippen molar-refractivity contribution < 1.29 is 17.6 Å². The number of benzene rings is 2. The molecule has 0 saturated carbocycles. The normalized spacial score (nSPS) is 11.6. The van der Waals surface area contributed by atoms with Crippen LogP contribution in [0.1, 0.15) is 33.6 Å². The number of carbonyl (C=O) groups excluding carboxylic acids is 1. The molecule has 1 amide bonds. The van der Waals surface area contributed by atoms with Gasteiger partial charge in [0, 0.05) is 23.5 Å². The Labute approximate surface area is 196 Å². The van der Waals surface area contributed by atoms with Gasteiger partial charge in [0.15, 0.2) is 0 Å². The number of nitrogens with zero attached hydrogens (tertiary/aromatic N) is 3. The van der Waals surface area contributed by atoms with Crippen LogP contribution in [0.5, 0.6) is 0 Å². The molecular weight excluding hydrogens is 460 g/mol. The van der Waals surface area contributed by atoms with E-state index in [-0.39, 0.29) is 23.0 Å². The molecule has 2 aromatic heterocycles. The van der Waals surface area contributed by atoms with Crippen LogP contribution in [-0.4, -0.2) is 35.4 Å². The van der Waals surface area contributed by atoms with Gasteiger partial charge in [-0.25, -0.2) is 8.42 Å². The summed E-state index contributed by atoms with van der Waals surface area (Å²) in [5.74, 6) is -0.0748. The van der Waals surface area contributed by atoms with E-state index in [9.17, 15) is 13.2 Å². The van der Waals surface area contributed by atoms with Gasteiger partial charge in [-0.3, -0.25) is 10.1 Å². The zero-order valence-electron chi connectivity index (χ0n) is 17.8. The van der Waals surface area contributed by atoms with E-state index in [1.54, 1.807) is 18.3 Å². The summed E-state index contributed by atoms with van der Waals surface area (Å²) < 4.78 is 33.0. The maximum absolute atomic E-state index is 13.1. The Kier molecular flexibility index (Phi) is 6.97. The smallest absolute Gasteiger partial charge is 0.322 e. The SMILES string of the molecule is CCN(Cc1ccccc1)S(=O)(=O)c1ccc(C(=O)Nc2nnc(Cc3cccs3)o2)cc1. The molecule has 170 valence electrons. The first-order valence-electron chi connectivity index (χ1n) is 10.3. The van der Waals surface area contributed by atoms with Gasteiger partial charge in [-0.1, -0.05) is 48.4 Å². The maximum atomic E-state index is 13.1. The number of thiophene rings is 1. The highest BCUT2D eigenvalue weighted by molar-refractivity contribution is 7.89. The van der Waals surface area contributed by atoms with Crippen LogP contribution >= 0.6 is 11.3 Å². The third kappa shape index (κ3) is 5.54. The molecule has 10 heteroatoms. The fraction of sp³-hybridized carbons (Fsp3) is 0.174. The Morgan fingerprint density at radius 2 is 1.79 bits per heavy atom. The molecule has 0 saturated heterocycles. The molecule has 33 heavy (non-hydrogen) atoms. The highest BCUT2D eigenvalue weighted by Crippen LogP contribution is 2.20. The lowest BCUT2D eigenvalue weighted by Crippen LogP contribution is -2.30. The summed E-state index contributed by atoms with van der Waals surface area (Å²) in [6.45, 7) is 2.39. The first-order valence-corrected chi connectivity index (χ1v) is 12.6. The Balaban J connectivity index is 1.42. The molecule has 0 aliphatic heterocycles. The molecule has 4 rings (SSSR count). The number of sulfonamides is 1. The summed E-state index contributed by atoms with van der Waals surface area (Å²) in [4.78, 5) is 13.7. The number of rotatable bonds is 9. The van der Waals surface area contributed by atoms with Gasteiger partial charge in [-0.15, -0.1) is 16.4 Å². The second kappa shape index (κ2) is 10.1. The standard InChI is InChI=1S/C23H22N4O4S2/c1-2-27(16-17-7-4-3-5-8-17)33(29,30)20-12-10-18(11-13-20)22(28)24-23-26-25-21(31-23)15-19-9-6-14-32-19/h3-14H,2,15-16H2,1H3,(H,24,26,28). The second-order valence-corrected chi connectivity index (χ2v) is 10.1. The minimum atomic E-state index is -3.71. The fourth-order valence-corrected chi connectivity index (χ4v) is 5.32. The molecule has 8 nitrogen and oxygen atoms in total. The van der Waals surface area contributed by atoms with E-state index in [4.69, 9.17) is 4.42 Å². The Morgan fingerprint density at radius 1 is 1.03 bits per heavy atom. The quantitative estimate of drug-likeness (QED) is 0.384. The summed E-state index contributed by atoms with van der Waals surface area (Å²) >= 11 is 1.58. The van der Waals surface area contributed by atoms with Crippen LogP contribution in [0.25, 0.3) is 0 Å². The number of aromatic nitrogens is 2. The highest BCUT2D eigenvalue weighted by atomic mass is 32.2. The van der Waals surface area contributed by atoms with Crippen molar-refractivity contribution in [1.82, 2.24) is 14.5 Å². The summed E-state index contributed by atoms with van der Waals surface area (Å²) in [7, 11) is -3.71. The Morgan fingerprint density at radius 3 is 2.45 bits per heavy atom. The molecular formula is C23H22N4O4S2. The van der Waals surface area contributed by atoms with Gasteiger partial charge in [0.25, 0.3) is 5.91 Å². The van der Waals surface area contributed by atoms with Crippen molar-refractivity contribution in [2.75, 3.05) is 11.9 Å². The molecule has 2 aromatic carbocycles. The third-order valence-corrected chi connectivity index (χ3v) is 7.71. The average Bonchev–Trinajstić information content (AvgIpc) is 3.50. The molecule has 4 aromatic rings. The minimum Gasteiger partial charge on any atom is -0.407 e. The zero-order valence-corrected chi connectivity index (χ0v) is 19.5. The van der Waals surface area contributed by atoms with Crippen molar-refractivity contribution in [3.63, 3.8) is 0 Å². The zero-order chi connectivity index (χ0) is 23.3. The average molecular weight is 483 g/mol. The second-order valence-electron chi connectivity index (χ2n) is 7.15. The molecule has 0 unspecified atom stereocenters. The lowest BCUT2D eigenvalue weighted by Gasteiger charge is -2.20. The van der Waals surface area contributed by atoms with Gasteiger partial charge in [-0.2, -0.15) is 4.31 Å². The van der Waals surface area contributed by atoms with E-state index >= 15 is 0 Å². The first-order chi connectivity index (χ1) is 16.0. The van der Waals surface area contributed by atoms with Crippen molar-refractivity contribution in [3.8, 4) is 0 Å². The molecule has 0 fully saturated rings. The first kappa shape index (κ1) is 22.8. The highest BCUT2D eigenvalue weighted by Gasteiger charge is 2.23. The molecule has 0 aliphatic rings.